The van der Waals surface area contributed by atoms with Gasteiger partial charge in [0.25, 0.3) is 0 Å². The van der Waals surface area contributed by atoms with Crippen LogP contribution < -0.4 is 13.7 Å². The van der Waals surface area contributed by atoms with Crippen LogP contribution in [0.3, 0.4) is 0 Å². The fourth-order valence-corrected chi connectivity index (χ4v) is 3.02. The molecule has 0 radical (unpaired) electrons. The molecule has 0 fully saturated rings. The van der Waals surface area contributed by atoms with Crippen molar-refractivity contribution in [2.24, 2.45) is 0 Å². The standard InChI is InChI=1S/C21H20O4S/c1-2-23-18-12-14-21(15-13-18)26(22)25-20-10-8-19(9-11-20)24-16-17-6-4-3-5-7-17/h3-15H,2,16H2,1H3. The van der Waals surface area contributed by atoms with E-state index < -0.39 is 11.1 Å². The lowest BCUT2D eigenvalue weighted by Crippen LogP contribution is -2.01. The molecule has 134 valence electrons. The van der Waals surface area contributed by atoms with Crippen LogP contribution in [0.4, 0.5) is 0 Å². The Morgan fingerprint density at radius 3 is 1.96 bits per heavy atom. The van der Waals surface area contributed by atoms with Gasteiger partial charge in [-0.05, 0) is 61.0 Å². The maximum absolute atomic E-state index is 12.3. The molecule has 3 aromatic carbocycles. The molecule has 0 saturated carbocycles. The minimum absolute atomic E-state index is 0.499. The SMILES string of the molecule is CCOc1ccc(S(=O)Oc2ccc(OCc3ccccc3)cc2)cc1. The van der Waals surface area contributed by atoms with Gasteiger partial charge in [-0.2, -0.15) is 0 Å². The maximum Gasteiger partial charge on any atom is 0.240 e. The Bertz CT molecular complexity index is 830. The first-order valence-electron chi connectivity index (χ1n) is 8.34. The molecule has 0 saturated heterocycles. The second-order valence-electron chi connectivity index (χ2n) is 5.47. The van der Waals surface area contributed by atoms with Gasteiger partial charge in [-0.25, -0.2) is 4.21 Å². The van der Waals surface area contributed by atoms with Gasteiger partial charge < -0.3 is 13.7 Å². The molecule has 0 heterocycles. The largest absolute Gasteiger partial charge is 0.494 e. The summed E-state index contributed by atoms with van der Waals surface area (Å²) in [7, 11) is 0. The first-order chi connectivity index (χ1) is 12.7. The van der Waals surface area contributed by atoms with Crippen molar-refractivity contribution in [3.05, 3.63) is 84.4 Å². The zero-order valence-corrected chi connectivity index (χ0v) is 15.3. The first kappa shape index (κ1) is 18.0. The second-order valence-corrected chi connectivity index (χ2v) is 6.58. The third-order valence-corrected chi connectivity index (χ3v) is 4.57. The van der Waals surface area contributed by atoms with Crippen molar-refractivity contribution in [1.82, 2.24) is 0 Å². The van der Waals surface area contributed by atoms with Gasteiger partial charge in [-0.15, -0.1) is 0 Å². The monoisotopic (exact) mass is 368 g/mol. The molecule has 26 heavy (non-hydrogen) atoms. The molecule has 0 spiro atoms. The van der Waals surface area contributed by atoms with E-state index in [0.717, 1.165) is 17.1 Å². The highest BCUT2D eigenvalue weighted by molar-refractivity contribution is 7.80. The molecule has 3 aromatic rings. The highest BCUT2D eigenvalue weighted by Crippen LogP contribution is 2.22. The Labute approximate surface area is 156 Å². The van der Waals surface area contributed by atoms with Crippen molar-refractivity contribution < 1.29 is 17.9 Å². The van der Waals surface area contributed by atoms with Gasteiger partial charge in [0.05, 0.1) is 11.5 Å². The van der Waals surface area contributed by atoms with E-state index >= 15 is 0 Å². The summed E-state index contributed by atoms with van der Waals surface area (Å²) in [5, 5.41) is 0. The smallest absolute Gasteiger partial charge is 0.240 e. The fraction of sp³-hybridized carbons (Fsp3) is 0.143. The van der Waals surface area contributed by atoms with E-state index in [1.165, 1.54) is 0 Å². The number of rotatable bonds is 8. The number of hydrogen-bond donors (Lipinski definition) is 0. The quantitative estimate of drug-likeness (QED) is 0.575. The Morgan fingerprint density at radius 2 is 1.31 bits per heavy atom. The zero-order chi connectivity index (χ0) is 18.2. The Balaban J connectivity index is 1.55. The van der Waals surface area contributed by atoms with Crippen molar-refractivity contribution in [2.75, 3.05) is 6.61 Å². The van der Waals surface area contributed by atoms with E-state index in [2.05, 4.69) is 0 Å². The van der Waals surface area contributed by atoms with Crippen LogP contribution in [0.1, 0.15) is 12.5 Å². The number of benzene rings is 3. The van der Waals surface area contributed by atoms with E-state index in [9.17, 15) is 4.21 Å². The third-order valence-electron chi connectivity index (χ3n) is 3.57. The summed E-state index contributed by atoms with van der Waals surface area (Å²) in [6.45, 7) is 3.01. The fourth-order valence-electron chi connectivity index (χ4n) is 2.28. The van der Waals surface area contributed by atoms with Crippen molar-refractivity contribution in [3.63, 3.8) is 0 Å². The molecule has 0 amide bonds. The summed E-state index contributed by atoms with van der Waals surface area (Å²) in [6.07, 6.45) is 0. The summed E-state index contributed by atoms with van der Waals surface area (Å²) < 4.78 is 28.9. The topological polar surface area (TPSA) is 44.8 Å². The van der Waals surface area contributed by atoms with E-state index in [1.54, 1.807) is 48.5 Å². The van der Waals surface area contributed by atoms with Crippen LogP contribution in [0.25, 0.3) is 0 Å². The lowest BCUT2D eigenvalue weighted by molar-refractivity contribution is 0.306. The van der Waals surface area contributed by atoms with Gasteiger partial charge in [0.2, 0.25) is 11.1 Å². The van der Waals surface area contributed by atoms with Gasteiger partial charge in [0.15, 0.2) is 0 Å². The molecule has 0 aliphatic heterocycles. The maximum atomic E-state index is 12.3. The van der Waals surface area contributed by atoms with E-state index in [-0.39, 0.29) is 0 Å². The van der Waals surface area contributed by atoms with Gasteiger partial charge in [0, 0.05) is 0 Å². The average molecular weight is 368 g/mol. The summed E-state index contributed by atoms with van der Waals surface area (Å²) in [5.74, 6) is 1.99. The molecule has 0 aliphatic rings. The average Bonchev–Trinajstić information content (AvgIpc) is 2.69. The molecule has 3 rings (SSSR count). The van der Waals surface area contributed by atoms with Gasteiger partial charge in [0.1, 0.15) is 23.9 Å². The molecule has 0 aliphatic carbocycles. The minimum atomic E-state index is -1.58. The van der Waals surface area contributed by atoms with Crippen LogP contribution >= 0.6 is 0 Å². The predicted molar refractivity (Wildman–Crippen MR) is 102 cm³/mol. The predicted octanol–water partition coefficient (Wildman–Crippen LogP) is 4.77. The van der Waals surface area contributed by atoms with Gasteiger partial charge >= 0.3 is 0 Å². The van der Waals surface area contributed by atoms with Crippen LogP contribution in [0.15, 0.2) is 83.8 Å². The second kappa shape index (κ2) is 9.06. The van der Waals surface area contributed by atoms with Gasteiger partial charge in [-0.1, -0.05) is 30.3 Å². The number of hydrogen-bond acceptors (Lipinski definition) is 4. The van der Waals surface area contributed by atoms with Crippen molar-refractivity contribution >= 4 is 11.1 Å². The molecule has 0 aromatic heterocycles. The molecule has 5 heteroatoms. The molecular formula is C21H20O4S. The van der Waals surface area contributed by atoms with Crippen molar-refractivity contribution in [3.8, 4) is 17.2 Å². The van der Waals surface area contributed by atoms with Crippen molar-refractivity contribution in [1.29, 1.82) is 0 Å². The third kappa shape index (κ3) is 5.10. The number of ether oxygens (including phenoxy) is 2. The van der Waals surface area contributed by atoms with Crippen LogP contribution in [0, 0.1) is 0 Å². The summed E-state index contributed by atoms with van der Waals surface area (Å²) in [6, 6.07) is 24.1. The molecule has 4 nitrogen and oxygen atoms in total. The lowest BCUT2D eigenvalue weighted by atomic mass is 10.2. The van der Waals surface area contributed by atoms with Crippen LogP contribution in [0.5, 0.6) is 17.2 Å². The molecule has 1 atom stereocenters. The normalized spacial score (nSPS) is 11.6. The van der Waals surface area contributed by atoms with E-state index in [0.29, 0.717) is 23.9 Å². The zero-order valence-electron chi connectivity index (χ0n) is 14.5. The Hall–Kier alpha value is -2.79. The Morgan fingerprint density at radius 1 is 0.731 bits per heavy atom. The lowest BCUT2D eigenvalue weighted by Gasteiger charge is -2.09. The summed E-state index contributed by atoms with van der Waals surface area (Å²) >= 11 is -1.58. The van der Waals surface area contributed by atoms with Crippen LogP contribution in [-0.2, 0) is 17.7 Å². The molecule has 1 unspecified atom stereocenters. The van der Waals surface area contributed by atoms with E-state index in [4.69, 9.17) is 13.7 Å². The molecule has 0 N–H and O–H groups in total. The van der Waals surface area contributed by atoms with E-state index in [1.807, 2.05) is 37.3 Å². The van der Waals surface area contributed by atoms with Crippen LogP contribution in [0.2, 0.25) is 0 Å². The summed E-state index contributed by atoms with van der Waals surface area (Å²) in [4.78, 5) is 0.581. The molecule has 0 bridgehead atoms. The van der Waals surface area contributed by atoms with Crippen LogP contribution in [-0.4, -0.2) is 10.8 Å². The Kier molecular flexibility index (Phi) is 6.28. The molecular weight excluding hydrogens is 348 g/mol. The highest BCUT2D eigenvalue weighted by Gasteiger charge is 2.07. The highest BCUT2D eigenvalue weighted by atomic mass is 32.2. The van der Waals surface area contributed by atoms with Gasteiger partial charge in [-0.3, -0.25) is 0 Å². The summed E-state index contributed by atoms with van der Waals surface area (Å²) in [5.41, 5.74) is 1.10. The van der Waals surface area contributed by atoms with Crippen molar-refractivity contribution in [2.45, 2.75) is 18.4 Å². The minimum Gasteiger partial charge on any atom is -0.494 e. The first-order valence-corrected chi connectivity index (χ1v) is 9.42.